The monoisotopic (exact) mass is 270 g/mol. The molecule has 0 fully saturated rings. The molecule has 0 amide bonds. The summed E-state index contributed by atoms with van der Waals surface area (Å²) >= 11 is 5.89. The summed E-state index contributed by atoms with van der Waals surface area (Å²) in [5, 5.41) is 4.13. The van der Waals surface area contributed by atoms with Gasteiger partial charge in [0, 0.05) is 37.8 Å². The van der Waals surface area contributed by atoms with Gasteiger partial charge in [0.2, 0.25) is 0 Å². The number of hydrogen-bond acceptors (Lipinski definition) is 3. The van der Waals surface area contributed by atoms with Crippen LogP contribution < -0.4 is 5.32 Å². The lowest BCUT2D eigenvalue weighted by Crippen LogP contribution is -2.32. The van der Waals surface area contributed by atoms with Gasteiger partial charge < -0.3 is 10.1 Å². The zero-order valence-corrected chi connectivity index (χ0v) is 12.2. The second kappa shape index (κ2) is 8.48. The summed E-state index contributed by atoms with van der Waals surface area (Å²) in [4.78, 5) is 2.32. The molecule has 0 aromatic heterocycles. The van der Waals surface area contributed by atoms with Crippen LogP contribution in [0.2, 0.25) is 5.02 Å². The molecule has 0 aliphatic rings. The highest BCUT2D eigenvalue weighted by atomic mass is 35.5. The Bertz CT molecular complexity index is 329. The van der Waals surface area contributed by atoms with Gasteiger partial charge in [-0.3, -0.25) is 4.90 Å². The number of likely N-dealkylation sites (N-methyl/N-ethyl adjacent to an activating group) is 1. The molecule has 0 saturated carbocycles. The Morgan fingerprint density at radius 3 is 2.56 bits per heavy atom. The molecule has 0 bridgehead atoms. The van der Waals surface area contributed by atoms with Crippen LogP contribution in [0.15, 0.2) is 24.3 Å². The number of nitrogens with one attached hydrogen (secondary N) is 1. The summed E-state index contributed by atoms with van der Waals surface area (Å²) in [6.45, 7) is 5.85. The zero-order valence-electron chi connectivity index (χ0n) is 11.4. The minimum atomic E-state index is 0.395. The van der Waals surface area contributed by atoms with E-state index < -0.39 is 0 Å². The molecule has 0 saturated heterocycles. The van der Waals surface area contributed by atoms with Gasteiger partial charge in [-0.1, -0.05) is 23.7 Å². The molecule has 1 aromatic carbocycles. The predicted octanol–water partition coefficient (Wildman–Crippen LogP) is 2.57. The van der Waals surface area contributed by atoms with Crippen molar-refractivity contribution in [2.75, 3.05) is 40.4 Å². The van der Waals surface area contributed by atoms with E-state index in [0.717, 1.165) is 31.3 Å². The highest BCUT2D eigenvalue weighted by Crippen LogP contribution is 2.20. The van der Waals surface area contributed by atoms with Crippen molar-refractivity contribution in [2.45, 2.75) is 13.0 Å². The average molecular weight is 271 g/mol. The Morgan fingerprint density at radius 2 is 1.94 bits per heavy atom. The lowest BCUT2D eigenvalue weighted by molar-refractivity contribution is 0.195. The molecule has 18 heavy (non-hydrogen) atoms. The number of hydrogen-bond donors (Lipinski definition) is 1. The molecular weight excluding hydrogens is 248 g/mol. The molecule has 1 aromatic rings. The van der Waals surface area contributed by atoms with Crippen molar-refractivity contribution in [3.05, 3.63) is 34.9 Å². The molecular formula is C14H23ClN2O. The van der Waals surface area contributed by atoms with Gasteiger partial charge in [-0.25, -0.2) is 0 Å². The summed E-state index contributed by atoms with van der Waals surface area (Å²) < 4.78 is 4.99. The third kappa shape index (κ3) is 5.36. The number of halogens is 1. The fourth-order valence-electron chi connectivity index (χ4n) is 1.74. The number of methoxy groups -OCH3 is 1. The van der Waals surface area contributed by atoms with Crippen LogP contribution in [0.4, 0.5) is 0 Å². The van der Waals surface area contributed by atoms with E-state index in [-0.39, 0.29) is 0 Å². The van der Waals surface area contributed by atoms with Crippen LogP contribution in [-0.4, -0.2) is 45.3 Å². The average Bonchev–Trinajstić information content (AvgIpc) is 2.38. The molecule has 0 aliphatic carbocycles. The first-order valence-corrected chi connectivity index (χ1v) is 6.68. The molecule has 1 rings (SSSR count). The normalized spacial score (nSPS) is 12.9. The SMILES string of the molecule is COCCNCCN(C)C(C)c1ccc(Cl)cc1. The maximum Gasteiger partial charge on any atom is 0.0587 e. The molecule has 0 aliphatic heterocycles. The lowest BCUT2D eigenvalue weighted by Gasteiger charge is -2.25. The van der Waals surface area contributed by atoms with Crippen LogP contribution in [0.5, 0.6) is 0 Å². The van der Waals surface area contributed by atoms with E-state index in [1.54, 1.807) is 7.11 Å². The molecule has 102 valence electrons. The smallest absolute Gasteiger partial charge is 0.0587 e. The third-order valence-electron chi connectivity index (χ3n) is 3.14. The quantitative estimate of drug-likeness (QED) is 0.735. The largest absolute Gasteiger partial charge is 0.383 e. The van der Waals surface area contributed by atoms with Crippen molar-refractivity contribution in [2.24, 2.45) is 0 Å². The molecule has 4 heteroatoms. The Balaban J connectivity index is 2.32. The van der Waals surface area contributed by atoms with E-state index in [1.165, 1.54) is 5.56 Å². The Kier molecular flexibility index (Phi) is 7.28. The zero-order chi connectivity index (χ0) is 13.4. The highest BCUT2D eigenvalue weighted by molar-refractivity contribution is 6.30. The first-order chi connectivity index (χ1) is 8.65. The van der Waals surface area contributed by atoms with Gasteiger partial charge in [-0.2, -0.15) is 0 Å². The number of nitrogens with zero attached hydrogens (tertiary/aromatic N) is 1. The molecule has 0 spiro atoms. The predicted molar refractivity (Wildman–Crippen MR) is 77.2 cm³/mol. The maximum absolute atomic E-state index is 5.89. The van der Waals surface area contributed by atoms with E-state index in [9.17, 15) is 0 Å². The van der Waals surface area contributed by atoms with Crippen LogP contribution in [0.25, 0.3) is 0 Å². The fourth-order valence-corrected chi connectivity index (χ4v) is 1.87. The summed E-state index contributed by atoms with van der Waals surface area (Å²) in [5.41, 5.74) is 1.29. The van der Waals surface area contributed by atoms with Gasteiger partial charge in [0.15, 0.2) is 0 Å². The second-order valence-electron chi connectivity index (χ2n) is 4.45. The first-order valence-electron chi connectivity index (χ1n) is 6.30. The Hall–Kier alpha value is -0.610. The molecule has 0 radical (unpaired) electrons. The number of benzene rings is 1. The van der Waals surface area contributed by atoms with Crippen LogP contribution in [0.3, 0.4) is 0 Å². The van der Waals surface area contributed by atoms with E-state index >= 15 is 0 Å². The van der Waals surface area contributed by atoms with E-state index in [0.29, 0.717) is 6.04 Å². The van der Waals surface area contributed by atoms with E-state index in [2.05, 4.69) is 36.3 Å². The van der Waals surface area contributed by atoms with Gasteiger partial charge in [0.25, 0.3) is 0 Å². The third-order valence-corrected chi connectivity index (χ3v) is 3.39. The maximum atomic E-state index is 5.89. The van der Waals surface area contributed by atoms with Crippen LogP contribution in [-0.2, 0) is 4.74 Å². The lowest BCUT2D eigenvalue weighted by atomic mass is 10.1. The number of rotatable bonds is 8. The van der Waals surface area contributed by atoms with Crippen molar-refractivity contribution in [3.8, 4) is 0 Å². The highest BCUT2D eigenvalue weighted by Gasteiger charge is 2.10. The van der Waals surface area contributed by atoms with Gasteiger partial charge in [-0.05, 0) is 31.7 Å². The van der Waals surface area contributed by atoms with Crippen molar-refractivity contribution in [3.63, 3.8) is 0 Å². The Morgan fingerprint density at radius 1 is 1.28 bits per heavy atom. The van der Waals surface area contributed by atoms with Crippen molar-refractivity contribution >= 4 is 11.6 Å². The molecule has 1 N–H and O–H groups in total. The summed E-state index contributed by atoms with van der Waals surface area (Å²) in [5.74, 6) is 0. The van der Waals surface area contributed by atoms with Crippen LogP contribution in [0.1, 0.15) is 18.5 Å². The topological polar surface area (TPSA) is 24.5 Å². The van der Waals surface area contributed by atoms with Gasteiger partial charge in [-0.15, -0.1) is 0 Å². The van der Waals surface area contributed by atoms with E-state index in [1.807, 2.05) is 12.1 Å². The number of ether oxygens (including phenoxy) is 1. The van der Waals surface area contributed by atoms with E-state index in [4.69, 9.17) is 16.3 Å². The molecule has 0 heterocycles. The molecule has 3 nitrogen and oxygen atoms in total. The first kappa shape index (κ1) is 15.4. The summed E-state index contributed by atoms with van der Waals surface area (Å²) in [6, 6.07) is 8.45. The van der Waals surface area contributed by atoms with Crippen molar-refractivity contribution in [1.29, 1.82) is 0 Å². The van der Waals surface area contributed by atoms with Gasteiger partial charge in [0.05, 0.1) is 6.61 Å². The Labute approximate surface area is 115 Å². The van der Waals surface area contributed by atoms with Crippen LogP contribution in [0, 0.1) is 0 Å². The summed E-state index contributed by atoms with van der Waals surface area (Å²) in [6.07, 6.45) is 0. The fraction of sp³-hybridized carbons (Fsp3) is 0.571. The minimum absolute atomic E-state index is 0.395. The summed E-state index contributed by atoms with van der Waals surface area (Å²) in [7, 11) is 3.85. The van der Waals surface area contributed by atoms with Crippen LogP contribution >= 0.6 is 11.6 Å². The van der Waals surface area contributed by atoms with Crippen molar-refractivity contribution < 1.29 is 4.74 Å². The minimum Gasteiger partial charge on any atom is -0.383 e. The van der Waals surface area contributed by atoms with Crippen molar-refractivity contribution in [1.82, 2.24) is 10.2 Å². The van der Waals surface area contributed by atoms with Gasteiger partial charge >= 0.3 is 0 Å². The van der Waals surface area contributed by atoms with Gasteiger partial charge in [0.1, 0.15) is 0 Å². The standard InChI is InChI=1S/C14H23ClN2O/c1-12(13-4-6-14(15)7-5-13)17(2)10-8-16-9-11-18-3/h4-7,12,16H,8-11H2,1-3H3. The second-order valence-corrected chi connectivity index (χ2v) is 4.89. The molecule has 1 atom stereocenters. The molecule has 1 unspecified atom stereocenters.